The molecule has 3 aromatic carbocycles. The van der Waals surface area contributed by atoms with E-state index in [4.69, 9.17) is 24.7 Å². The second-order valence-corrected chi connectivity index (χ2v) is 15.9. The highest BCUT2D eigenvalue weighted by molar-refractivity contribution is 6.11. The third-order valence-electron chi connectivity index (χ3n) is 11.2. The van der Waals surface area contributed by atoms with Crippen molar-refractivity contribution in [2.45, 2.75) is 121 Å². The Bertz CT molecular complexity index is 1700. The molecule has 0 spiro atoms. The summed E-state index contributed by atoms with van der Waals surface area (Å²) in [6.45, 7) is 0.207. The lowest BCUT2D eigenvalue weighted by Gasteiger charge is -2.47. The van der Waals surface area contributed by atoms with Crippen LogP contribution in [-0.4, -0.2) is 115 Å². The number of nitrogens with one attached hydrogen (secondary N) is 5. The molecule has 1 saturated heterocycles. The standard InChI is InChI=1S/C46H69N5O11/c52-29-25-47-39(56)19-7-3-13-34(14-4-8-20-40(57)48-26-30-53)44-60-45(51-43-37-17-5-1-15-35(37)33-36-16-2-6-18-38(36)43)46(62-61-44,23-11-9-21-41(58)49-27-31-54)24-12-10-22-42(59)50-28-32-55/h1-2,5-6,15-18,33-34,44-45,51-55H,3-4,7-14,19-32H2,(H,47,56)(H,48,57)(H,49,58)(H,50,59). The van der Waals surface area contributed by atoms with Crippen molar-refractivity contribution in [3.05, 3.63) is 54.6 Å². The van der Waals surface area contributed by atoms with Gasteiger partial charge in [-0.1, -0.05) is 61.4 Å². The van der Waals surface area contributed by atoms with Gasteiger partial charge in [0.15, 0.2) is 12.5 Å². The van der Waals surface area contributed by atoms with E-state index >= 15 is 0 Å². The van der Waals surface area contributed by atoms with Crippen molar-refractivity contribution in [2.24, 2.45) is 5.92 Å². The van der Waals surface area contributed by atoms with Crippen molar-refractivity contribution in [1.29, 1.82) is 0 Å². The SMILES string of the molecule is O=C(CCCCC(CCCCC(=O)NCCO)C1OOC(CCCCC(=O)NCCO)(CCCCC(=O)NCCO)C(Nc2c3ccccc3cc3ccccc23)O1)NCCO. The molecule has 3 aromatic rings. The van der Waals surface area contributed by atoms with Crippen LogP contribution in [0.3, 0.4) is 0 Å². The number of fused-ring (bicyclic) bond motifs is 2. The van der Waals surface area contributed by atoms with Crippen LogP contribution in [0.4, 0.5) is 5.69 Å². The highest BCUT2D eigenvalue weighted by Crippen LogP contribution is 2.42. The number of amides is 4. The fourth-order valence-electron chi connectivity index (χ4n) is 7.95. The number of unbranched alkanes of at least 4 members (excludes halogenated alkanes) is 4. The molecule has 0 radical (unpaired) electrons. The molecule has 0 aromatic heterocycles. The third kappa shape index (κ3) is 16.7. The topological polar surface area (TPSA) is 237 Å². The molecule has 1 fully saturated rings. The van der Waals surface area contributed by atoms with Crippen LogP contribution >= 0.6 is 0 Å². The van der Waals surface area contributed by atoms with Gasteiger partial charge >= 0.3 is 0 Å². The maximum absolute atomic E-state index is 12.5. The summed E-state index contributed by atoms with van der Waals surface area (Å²) in [5.74, 6) is -0.767. The number of carbonyl (C=O) groups excluding carboxylic acids is 4. The van der Waals surface area contributed by atoms with E-state index in [1.807, 2.05) is 24.3 Å². The van der Waals surface area contributed by atoms with Crippen LogP contribution in [0.15, 0.2) is 54.6 Å². The van der Waals surface area contributed by atoms with Crippen molar-refractivity contribution in [3.63, 3.8) is 0 Å². The normalized spacial score (nSPS) is 16.0. The molecule has 0 saturated carbocycles. The number of hydrogen-bond donors (Lipinski definition) is 9. The van der Waals surface area contributed by atoms with E-state index in [2.05, 4.69) is 56.9 Å². The largest absolute Gasteiger partial charge is 0.395 e. The smallest absolute Gasteiger partial charge is 0.220 e. The number of hydrogen-bond acceptors (Lipinski definition) is 12. The lowest BCUT2D eigenvalue weighted by atomic mass is 9.86. The zero-order valence-corrected chi connectivity index (χ0v) is 36.0. The predicted octanol–water partition coefficient (Wildman–Crippen LogP) is 4.07. The molecule has 1 aliphatic rings. The first-order valence-electron chi connectivity index (χ1n) is 22.4. The second kappa shape index (κ2) is 28.3. The van der Waals surface area contributed by atoms with E-state index in [1.54, 1.807) is 0 Å². The van der Waals surface area contributed by atoms with Crippen molar-refractivity contribution in [2.75, 3.05) is 57.9 Å². The van der Waals surface area contributed by atoms with E-state index < -0.39 is 18.1 Å². The van der Waals surface area contributed by atoms with E-state index in [1.165, 1.54) is 0 Å². The number of anilines is 1. The number of ether oxygens (including phenoxy) is 1. The highest BCUT2D eigenvalue weighted by Gasteiger charge is 2.49. The third-order valence-corrected chi connectivity index (χ3v) is 11.2. The summed E-state index contributed by atoms with van der Waals surface area (Å²) in [4.78, 5) is 62.7. The number of aliphatic hydroxyl groups excluding tert-OH is 4. The van der Waals surface area contributed by atoms with Gasteiger partial charge in [-0.25, -0.2) is 9.78 Å². The zero-order valence-electron chi connectivity index (χ0n) is 36.0. The van der Waals surface area contributed by atoms with Crippen LogP contribution in [-0.2, 0) is 33.7 Å². The van der Waals surface area contributed by atoms with Crippen molar-refractivity contribution in [1.82, 2.24) is 21.3 Å². The first-order chi connectivity index (χ1) is 30.2. The fraction of sp³-hybridized carbons (Fsp3) is 0.609. The van der Waals surface area contributed by atoms with Gasteiger partial charge in [0.2, 0.25) is 23.6 Å². The van der Waals surface area contributed by atoms with Crippen molar-refractivity contribution < 1.29 is 54.1 Å². The average Bonchev–Trinajstić information content (AvgIpc) is 3.28. The minimum absolute atomic E-state index is 0.132. The Morgan fingerprint density at radius 2 is 0.968 bits per heavy atom. The van der Waals surface area contributed by atoms with Crippen LogP contribution in [0, 0.1) is 5.92 Å². The van der Waals surface area contributed by atoms with Gasteiger partial charge < -0.3 is 51.7 Å². The zero-order chi connectivity index (χ0) is 44.4. The summed E-state index contributed by atoms with van der Waals surface area (Å²) in [6.07, 6.45) is 6.53. The van der Waals surface area contributed by atoms with E-state index in [0.717, 1.165) is 27.2 Å². The second-order valence-electron chi connectivity index (χ2n) is 15.9. The number of rotatable bonds is 31. The predicted molar refractivity (Wildman–Crippen MR) is 236 cm³/mol. The van der Waals surface area contributed by atoms with Gasteiger partial charge in [0.25, 0.3) is 0 Å². The maximum atomic E-state index is 12.5. The Morgan fingerprint density at radius 1 is 0.565 bits per heavy atom. The van der Waals surface area contributed by atoms with Gasteiger partial charge in [0.1, 0.15) is 5.60 Å². The van der Waals surface area contributed by atoms with Crippen LogP contribution < -0.4 is 26.6 Å². The Hall–Kier alpha value is -4.42. The molecule has 0 bridgehead atoms. The molecule has 2 unspecified atom stereocenters. The monoisotopic (exact) mass is 867 g/mol. The molecule has 1 heterocycles. The molecule has 9 N–H and O–H groups in total. The molecule has 1 aliphatic heterocycles. The van der Waals surface area contributed by atoms with Gasteiger partial charge in [0, 0.05) is 68.6 Å². The Balaban J connectivity index is 1.66. The fourth-order valence-corrected chi connectivity index (χ4v) is 7.95. The molecule has 0 aliphatic carbocycles. The van der Waals surface area contributed by atoms with Crippen LogP contribution in [0.2, 0.25) is 0 Å². The first-order valence-corrected chi connectivity index (χ1v) is 22.4. The lowest BCUT2D eigenvalue weighted by Crippen LogP contribution is -2.58. The van der Waals surface area contributed by atoms with Crippen LogP contribution in [0.1, 0.15) is 103 Å². The van der Waals surface area contributed by atoms with Gasteiger partial charge in [-0.15, -0.1) is 0 Å². The molecule has 344 valence electrons. The number of benzene rings is 3. The van der Waals surface area contributed by atoms with E-state index in [0.29, 0.717) is 89.9 Å². The summed E-state index contributed by atoms with van der Waals surface area (Å²) in [5, 5.41) is 55.3. The summed E-state index contributed by atoms with van der Waals surface area (Å²) >= 11 is 0. The highest BCUT2D eigenvalue weighted by atomic mass is 17.2. The molecular weight excluding hydrogens is 799 g/mol. The Kier molecular flexibility index (Phi) is 22.9. The van der Waals surface area contributed by atoms with Gasteiger partial charge in [-0.05, 0) is 81.0 Å². The van der Waals surface area contributed by atoms with E-state index in [-0.39, 0.29) is 95.0 Å². The summed E-state index contributed by atoms with van der Waals surface area (Å²) in [5.41, 5.74) is -0.207. The molecular formula is C46H69N5O11. The Morgan fingerprint density at radius 3 is 1.39 bits per heavy atom. The summed E-state index contributed by atoms with van der Waals surface area (Å²) in [6, 6.07) is 18.4. The maximum Gasteiger partial charge on any atom is 0.220 e. The minimum atomic E-state index is -1.07. The Labute approximate surface area is 364 Å². The molecule has 62 heavy (non-hydrogen) atoms. The molecule has 4 rings (SSSR count). The number of carbonyl (C=O) groups is 4. The number of aliphatic hydroxyl groups is 4. The molecule has 4 amide bonds. The van der Waals surface area contributed by atoms with Gasteiger partial charge in [-0.2, -0.15) is 0 Å². The summed E-state index contributed by atoms with van der Waals surface area (Å²) < 4.78 is 7.10. The molecule has 2 atom stereocenters. The van der Waals surface area contributed by atoms with Crippen molar-refractivity contribution in [3.8, 4) is 0 Å². The van der Waals surface area contributed by atoms with Crippen LogP contribution in [0.5, 0.6) is 0 Å². The first kappa shape index (κ1) is 50.2. The van der Waals surface area contributed by atoms with Crippen LogP contribution in [0.25, 0.3) is 21.5 Å². The average molecular weight is 868 g/mol. The van der Waals surface area contributed by atoms with Gasteiger partial charge in [0.05, 0.1) is 32.1 Å². The summed E-state index contributed by atoms with van der Waals surface area (Å²) in [7, 11) is 0. The van der Waals surface area contributed by atoms with E-state index in [9.17, 15) is 29.4 Å². The van der Waals surface area contributed by atoms with Crippen molar-refractivity contribution >= 4 is 50.9 Å². The van der Waals surface area contributed by atoms with Gasteiger partial charge in [-0.3, -0.25) is 19.2 Å². The lowest BCUT2D eigenvalue weighted by molar-refractivity contribution is -0.496. The minimum Gasteiger partial charge on any atom is -0.395 e. The molecule has 16 heteroatoms. The molecule has 16 nitrogen and oxygen atoms in total. The quantitative estimate of drug-likeness (QED) is 0.0253.